The Kier molecular flexibility index (Phi) is 8.54. The number of rotatable bonds is 6. The maximum absolute atomic E-state index is 2.64. The van der Waals surface area contributed by atoms with Crippen molar-refractivity contribution >= 4 is 59.3 Å². The van der Waals surface area contributed by atoms with Crippen LogP contribution in [0.4, 0.5) is 17.1 Å². The Morgan fingerprint density at radius 2 is 1.06 bits per heavy atom. The van der Waals surface area contributed by atoms with Crippen LogP contribution in [0.15, 0.2) is 188 Å². The molecule has 0 radical (unpaired) electrons. The van der Waals surface area contributed by atoms with Gasteiger partial charge < -0.3 is 4.90 Å². The molecule has 5 aliphatic carbocycles. The van der Waals surface area contributed by atoms with E-state index < -0.39 is 0 Å². The molecule has 1 aromatic heterocycles. The van der Waals surface area contributed by atoms with E-state index in [0.717, 1.165) is 17.5 Å². The number of aryl methyl sites for hydroxylation is 2. The number of fused-ring (bicyclic) bond motifs is 7. The zero-order chi connectivity index (χ0) is 43.7. The molecule has 4 bridgehead atoms. The van der Waals surface area contributed by atoms with Gasteiger partial charge >= 0.3 is 0 Å². The van der Waals surface area contributed by atoms with Crippen molar-refractivity contribution in [3.8, 4) is 44.5 Å². The molecule has 1 spiro atoms. The fraction of sp³-hybridized carbons (Fsp3) is 0.188. The van der Waals surface area contributed by atoms with Crippen LogP contribution in [-0.4, -0.2) is 0 Å². The van der Waals surface area contributed by atoms with Gasteiger partial charge in [0.15, 0.2) is 0 Å². The van der Waals surface area contributed by atoms with E-state index in [1.54, 1.807) is 11.1 Å². The Morgan fingerprint density at radius 1 is 0.424 bits per heavy atom. The summed E-state index contributed by atoms with van der Waals surface area (Å²) in [7, 11) is 0. The number of benzene rings is 9. The smallest absolute Gasteiger partial charge is 0.0569 e. The van der Waals surface area contributed by atoms with E-state index in [-0.39, 0.29) is 5.41 Å². The van der Waals surface area contributed by atoms with Gasteiger partial charge in [-0.25, -0.2) is 0 Å². The minimum absolute atomic E-state index is 0.0630. The highest BCUT2D eigenvalue weighted by Crippen LogP contribution is 2.70. The van der Waals surface area contributed by atoms with Gasteiger partial charge in [-0.3, -0.25) is 0 Å². The number of thiophene rings is 1. The Balaban J connectivity index is 0.993. The first kappa shape index (κ1) is 38.5. The molecule has 5 aliphatic rings. The van der Waals surface area contributed by atoms with E-state index in [2.05, 4.69) is 207 Å². The van der Waals surface area contributed by atoms with Gasteiger partial charge in [-0.05, 0) is 179 Å². The average molecular weight is 866 g/mol. The van der Waals surface area contributed by atoms with Gasteiger partial charge in [-0.1, -0.05) is 151 Å². The fourth-order valence-corrected chi connectivity index (χ4v) is 15.3. The van der Waals surface area contributed by atoms with Gasteiger partial charge in [-0.2, -0.15) is 0 Å². The standard InChI is InChI=1S/C64H51NS/c1-39-20-27-54-56(30-39)57(53-17-11-18-58-62(53)55-28-23-46(44-14-7-4-8-15-44)37-59(55)64(58)47-33-41-32-42(35-47)36-48(64)34-41)31-40(2)63(54)65(49-24-21-45(22-25-49)43-12-5-3-6-13-43)50-26-29-52-51-16-9-10-19-60(51)66-61(52)38-50/h3-31,37-38,41-42,47-48H,32-36H2,1-2H3. The summed E-state index contributed by atoms with van der Waals surface area (Å²) in [5.41, 5.74) is 20.2. The van der Waals surface area contributed by atoms with Crippen molar-refractivity contribution in [2.24, 2.45) is 23.7 Å². The van der Waals surface area contributed by atoms with Crippen LogP contribution in [0.1, 0.15) is 54.4 Å². The van der Waals surface area contributed by atoms with Crippen LogP contribution >= 0.6 is 11.3 Å². The first-order valence-electron chi connectivity index (χ1n) is 24.2. The van der Waals surface area contributed by atoms with Gasteiger partial charge in [0, 0.05) is 42.3 Å². The third kappa shape index (κ3) is 5.64. The first-order valence-corrected chi connectivity index (χ1v) is 25.1. The maximum Gasteiger partial charge on any atom is 0.0569 e. The van der Waals surface area contributed by atoms with Crippen molar-refractivity contribution in [1.29, 1.82) is 0 Å². The van der Waals surface area contributed by atoms with E-state index in [4.69, 9.17) is 0 Å². The molecule has 4 saturated carbocycles. The maximum atomic E-state index is 2.64. The van der Waals surface area contributed by atoms with Crippen molar-refractivity contribution in [1.82, 2.24) is 0 Å². The van der Waals surface area contributed by atoms with E-state index in [9.17, 15) is 0 Å². The molecule has 15 rings (SSSR count). The summed E-state index contributed by atoms with van der Waals surface area (Å²) in [4.78, 5) is 2.54. The van der Waals surface area contributed by atoms with E-state index in [1.807, 2.05) is 11.3 Å². The van der Waals surface area contributed by atoms with Crippen LogP contribution in [0.5, 0.6) is 0 Å². The molecule has 0 saturated heterocycles. The summed E-state index contributed by atoms with van der Waals surface area (Å²) in [6.07, 6.45) is 6.94. The van der Waals surface area contributed by atoms with Crippen LogP contribution in [0.25, 0.3) is 75.5 Å². The van der Waals surface area contributed by atoms with Crippen molar-refractivity contribution < 1.29 is 0 Å². The zero-order valence-electron chi connectivity index (χ0n) is 37.6. The highest BCUT2D eigenvalue weighted by atomic mass is 32.1. The van der Waals surface area contributed by atoms with E-state index >= 15 is 0 Å². The zero-order valence-corrected chi connectivity index (χ0v) is 38.4. The second-order valence-electron chi connectivity index (χ2n) is 20.2. The molecule has 0 amide bonds. The monoisotopic (exact) mass is 865 g/mol. The molecule has 0 N–H and O–H groups in total. The number of hydrogen-bond donors (Lipinski definition) is 0. The minimum Gasteiger partial charge on any atom is -0.310 e. The molecule has 1 nitrogen and oxygen atoms in total. The molecular weight excluding hydrogens is 815 g/mol. The second-order valence-corrected chi connectivity index (χ2v) is 21.3. The quantitative estimate of drug-likeness (QED) is 0.161. The van der Waals surface area contributed by atoms with Gasteiger partial charge in [0.2, 0.25) is 0 Å². The molecule has 318 valence electrons. The Labute approximate surface area is 392 Å². The summed E-state index contributed by atoms with van der Waals surface area (Å²) >= 11 is 1.89. The van der Waals surface area contributed by atoms with Crippen molar-refractivity contribution in [3.63, 3.8) is 0 Å². The molecule has 4 fully saturated rings. The fourth-order valence-electron chi connectivity index (χ4n) is 14.2. The number of anilines is 3. The summed E-state index contributed by atoms with van der Waals surface area (Å²) in [5, 5.41) is 5.23. The van der Waals surface area contributed by atoms with Crippen LogP contribution < -0.4 is 4.90 Å². The summed E-state index contributed by atoms with van der Waals surface area (Å²) in [6, 6.07) is 71.7. The number of hydrogen-bond acceptors (Lipinski definition) is 2. The van der Waals surface area contributed by atoms with Gasteiger partial charge in [0.05, 0.1) is 5.69 Å². The summed E-state index contributed by atoms with van der Waals surface area (Å²) < 4.78 is 2.63. The van der Waals surface area contributed by atoms with Crippen LogP contribution in [-0.2, 0) is 5.41 Å². The predicted molar refractivity (Wildman–Crippen MR) is 281 cm³/mol. The summed E-state index contributed by atoms with van der Waals surface area (Å²) in [5.74, 6) is 3.17. The molecule has 1 heterocycles. The third-order valence-corrected chi connectivity index (χ3v) is 17.7. The lowest BCUT2D eigenvalue weighted by Crippen LogP contribution is -2.55. The third-order valence-electron chi connectivity index (χ3n) is 16.6. The molecule has 2 heteroatoms. The molecule has 0 atom stereocenters. The second kappa shape index (κ2) is 14.6. The molecular formula is C64H51NS. The topological polar surface area (TPSA) is 3.24 Å². The Hall–Kier alpha value is -6.74. The van der Waals surface area contributed by atoms with Gasteiger partial charge in [0.25, 0.3) is 0 Å². The average Bonchev–Trinajstić information content (AvgIpc) is 3.87. The lowest BCUT2D eigenvalue weighted by Gasteiger charge is -2.61. The van der Waals surface area contributed by atoms with Crippen molar-refractivity contribution in [3.05, 3.63) is 210 Å². The van der Waals surface area contributed by atoms with E-state index in [0.29, 0.717) is 11.8 Å². The lowest BCUT2D eigenvalue weighted by molar-refractivity contribution is -0.0399. The molecule has 10 aromatic rings. The van der Waals surface area contributed by atoms with Crippen LogP contribution in [0, 0.1) is 37.5 Å². The number of nitrogens with zero attached hydrogens (tertiary/aromatic N) is 1. The Bertz CT molecular complexity index is 3530. The van der Waals surface area contributed by atoms with Gasteiger partial charge in [0.1, 0.15) is 0 Å². The minimum atomic E-state index is 0.0630. The molecule has 9 aromatic carbocycles. The lowest BCUT2D eigenvalue weighted by atomic mass is 9.43. The Morgan fingerprint density at radius 3 is 1.82 bits per heavy atom. The molecule has 66 heavy (non-hydrogen) atoms. The predicted octanol–water partition coefficient (Wildman–Crippen LogP) is 18.0. The van der Waals surface area contributed by atoms with Crippen LogP contribution in [0.3, 0.4) is 0 Å². The molecule has 0 unspecified atom stereocenters. The normalized spacial score (nSPS) is 21.2. The van der Waals surface area contributed by atoms with Gasteiger partial charge in [-0.15, -0.1) is 11.3 Å². The van der Waals surface area contributed by atoms with Crippen molar-refractivity contribution in [2.75, 3.05) is 4.90 Å². The highest BCUT2D eigenvalue weighted by molar-refractivity contribution is 7.25. The largest absolute Gasteiger partial charge is 0.310 e. The van der Waals surface area contributed by atoms with E-state index in [1.165, 1.54) is 130 Å². The molecule has 0 aliphatic heterocycles. The first-order chi connectivity index (χ1) is 32.5. The summed E-state index contributed by atoms with van der Waals surface area (Å²) in [6.45, 7) is 4.61. The van der Waals surface area contributed by atoms with Crippen molar-refractivity contribution in [2.45, 2.75) is 51.4 Å². The van der Waals surface area contributed by atoms with Crippen LogP contribution in [0.2, 0.25) is 0 Å². The SMILES string of the molecule is Cc1ccc2c(N(c3ccc(-c4ccccc4)cc3)c3ccc4c(c3)sc3ccccc34)c(C)cc(-c3cccc4c3-c3ccc(-c5ccccc5)cc3C43C4CC5CC(C4)CC3C5)c2c1. The highest BCUT2D eigenvalue weighted by Gasteiger charge is 2.61.